The average molecular weight is 247 g/mol. The van der Waals surface area contributed by atoms with E-state index in [0.717, 1.165) is 17.0 Å². The van der Waals surface area contributed by atoms with Crippen molar-refractivity contribution < 1.29 is 0 Å². The Morgan fingerprint density at radius 3 is 2.72 bits per heavy atom. The predicted octanol–water partition coefficient (Wildman–Crippen LogP) is 1.82. The van der Waals surface area contributed by atoms with Gasteiger partial charge in [-0.25, -0.2) is 4.98 Å². The standard InChI is InChI=1S/C13H21N5/c1-9-5-11-15-8-16-18(11)12(6-9)17-10(7-14)13(2,3)4/h5-6,8,10,17H,7,14H2,1-4H3. The van der Waals surface area contributed by atoms with E-state index in [0.29, 0.717) is 6.54 Å². The third kappa shape index (κ3) is 2.46. The second-order valence-electron chi connectivity index (χ2n) is 5.75. The van der Waals surface area contributed by atoms with E-state index in [9.17, 15) is 0 Å². The quantitative estimate of drug-likeness (QED) is 0.868. The molecule has 0 bridgehead atoms. The number of anilines is 1. The van der Waals surface area contributed by atoms with E-state index in [1.54, 1.807) is 10.8 Å². The Balaban J connectivity index is 2.39. The van der Waals surface area contributed by atoms with Crippen LogP contribution in [0.25, 0.3) is 5.65 Å². The third-order valence-electron chi connectivity index (χ3n) is 3.13. The van der Waals surface area contributed by atoms with Gasteiger partial charge in [0.05, 0.1) is 0 Å². The maximum absolute atomic E-state index is 5.86. The highest BCUT2D eigenvalue weighted by atomic mass is 15.3. The van der Waals surface area contributed by atoms with E-state index in [-0.39, 0.29) is 11.5 Å². The van der Waals surface area contributed by atoms with Crippen LogP contribution in [0, 0.1) is 12.3 Å². The summed E-state index contributed by atoms with van der Waals surface area (Å²) in [5.74, 6) is 0.938. The first kappa shape index (κ1) is 12.8. The molecule has 1 atom stereocenters. The molecule has 0 radical (unpaired) electrons. The van der Waals surface area contributed by atoms with Gasteiger partial charge >= 0.3 is 0 Å². The van der Waals surface area contributed by atoms with E-state index in [1.807, 2.05) is 6.07 Å². The largest absolute Gasteiger partial charge is 0.365 e. The molecule has 2 aromatic rings. The van der Waals surface area contributed by atoms with Crippen LogP contribution in [0.4, 0.5) is 5.82 Å². The first-order valence-corrected chi connectivity index (χ1v) is 6.19. The van der Waals surface area contributed by atoms with Gasteiger partial charge in [-0.15, -0.1) is 0 Å². The molecule has 0 aliphatic rings. The first-order chi connectivity index (χ1) is 8.41. The van der Waals surface area contributed by atoms with Crippen LogP contribution in [0.15, 0.2) is 18.5 Å². The zero-order valence-corrected chi connectivity index (χ0v) is 11.4. The van der Waals surface area contributed by atoms with Gasteiger partial charge in [0, 0.05) is 12.6 Å². The summed E-state index contributed by atoms with van der Waals surface area (Å²) in [7, 11) is 0. The van der Waals surface area contributed by atoms with Gasteiger partial charge in [0.2, 0.25) is 0 Å². The maximum Gasteiger partial charge on any atom is 0.157 e. The Kier molecular flexibility index (Phi) is 3.26. The topological polar surface area (TPSA) is 68.2 Å². The van der Waals surface area contributed by atoms with Crippen LogP contribution >= 0.6 is 0 Å². The summed E-state index contributed by atoms with van der Waals surface area (Å²) in [6.07, 6.45) is 1.56. The molecule has 2 rings (SSSR count). The number of nitrogens with zero attached hydrogens (tertiary/aromatic N) is 3. The van der Waals surface area contributed by atoms with Crippen molar-refractivity contribution in [1.29, 1.82) is 0 Å². The summed E-state index contributed by atoms with van der Waals surface area (Å²) < 4.78 is 1.81. The molecule has 0 spiro atoms. The first-order valence-electron chi connectivity index (χ1n) is 6.19. The van der Waals surface area contributed by atoms with Gasteiger partial charge in [0.25, 0.3) is 0 Å². The van der Waals surface area contributed by atoms with Crippen molar-refractivity contribution in [3.8, 4) is 0 Å². The number of hydrogen-bond acceptors (Lipinski definition) is 4. The number of rotatable bonds is 3. The Morgan fingerprint density at radius 1 is 1.39 bits per heavy atom. The minimum Gasteiger partial charge on any atom is -0.365 e. The Labute approximate surface area is 107 Å². The lowest BCUT2D eigenvalue weighted by Crippen LogP contribution is -2.40. The molecule has 0 amide bonds. The zero-order chi connectivity index (χ0) is 13.3. The Morgan fingerprint density at radius 2 is 2.11 bits per heavy atom. The van der Waals surface area contributed by atoms with E-state index in [4.69, 9.17) is 5.73 Å². The molecule has 2 aromatic heterocycles. The lowest BCUT2D eigenvalue weighted by atomic mass is 9.87. The van der Waals surface area contributed by atoms with Gasteiger partial charge < -0.3 is 11.1 Å². The predicted molar refractivity (Wildman–Crippen MR) is 73.6 cm³/mol. The third-order valence-corrected chi connectivity index (χ3v) is 3.13. The molecule has 0 saturated carbocycles. The molecule has 2 heterocycles. The van der Waals surface area contributed by atoms with E-state index in [1.165, 1.54) is 0 Å². The Bertz CT molecular complexity index is 538. The number of aryl methyl sites for hydroxylation is 1. The van der Waals surface area contributed by atoms with Gasteiger partial charge in [-0.3, -0.25) is 0 Å². The monoisotopic (exact) mass is 247 g/mol. The summed E-state index contributed by atoms with van der Waals surface area (Å²) >= 11 is 0. The molecule has 0 aliphatic heterocycles. The zero-order valence-electron chi connectivity index (χ0n) is 11.4. The average Bonchev–Trinajstić information content (AvgIpc) is 2.71. The fourth-order valence-electron chi connectivity index (χ4n) is 1.97. The summed E-state index contributed by atoms with van der Waals surface area (Å²) in [6.45, 7) is 9.14. The van der Waals surface area contributed by atoms with Crippen molar-refractivity contribution in [3.63, 3.8) is 0 Å². The number of pyridine rings is 1. The van der Waals surface area contributed by atoms with Gasteiger partial charge in [0.1, 0.15) is 12.1 Å². The van der Waals surface area contributed by atoms with Crippen LogP contribution in [0.2, 0.25) is 0 Å². The highest BCUT2D eigenvalue weighted by Crippen LogP contribution is 2.23. The molecule has 98 valence electrons. The van der Waals surface area contributed by atoms with Crippen LogP contribution in [0.1, 0.15) is 26.3 Å². The summed E-state index contributed by atoms with van der Waals surface area (Å²) in [5.41, 5.74) is 7.95. The maximum atomic E-state index is 5.86. The van der Waals surface area contributed by atoms with Crippen LogP contribution in [0.3, 0.4) is 0 Å². The van der Waals surface area contributed by atoms with Crippen molar-refractivity contribution in [2.24, 2.45) is 11.1 Å². The molecule has 0 saturated heterocycles. The second kappa shape index (κ2) is 4.57. The molecule has 0 fully saturated rings. The van der Waals surface area contributed by atoms with Crippen molar-refractivity contribution in [2.45, 2.75) is 33.7 Å². The lowest BCUT2D eigenvalue weighted by molar-refractivity contribution is 0.345. The van der Waals surface area contributed by atoms with Gasteiger partial charge in [0.15, 0.2) is 5.65 Å². The van der Waals surface area contributed by atoms with E-state index >= 15 is 0 Å². The fraction of sp³-hybridized carbons (Fsp3) is 0.538. The van der Waals surface area contributed by atoms with E-state index in [2.05, 4.69) is 49.2 Å². The molecular formula is C13H21N5. The van der Waals surface area contributed by atoms with Crippen LogP contribution in [-0.2, 0) is 0 Å². The van der Waals surface area contributed by atoms with Crippen LogP contribution in [-0.4, -0.2) is 27.2 Å². The number of nitrogens with one attached hydrogen (secondary N) is 1. The summed E-state index contributed by atoms with van der Waals surface area (Å²) in [6, 6.07) is 4.26. The molecular weight excluding hydrogens is 226 g/mol. The molecule has 5 nitrogen and oxygen atoms in total. The minimum atomic E-state index is 0.0887. The lowest BCUT2D eigenvalue weighted by Gasteiger charge is -2.31. The smallest absolute Gasteiger partial charge is 0.157 e. The number of nitrogens with two attached hydrogens (primary N) is 1. The fourth-order valence-corrected chi connectivity index (χ4v) is 1.97. The van der Waals surface area contributed by atoms with E-state index < -0.39 is 0 Å². The van der Waals surface area contributed by atoms with Gasteiger partial charge in [-0.1, -0.05) is 20.8 Å². The van der Waals surface area contributed by atoms with Gasteiger partial charge in [-0.2, -0.15) is 9.61 Å². The Hall–Kier alpha value is -1.62. The molecule has 0 aromatic carbocycles. The van der Waals surface area contributed by atoms with Crippen LogP contribution < -0.4 is 11.1 Å². The van der Waals surface area contributed by atoms with Crippen molar-refractivity contribution in [2.75, 3.05) is 11.9 Å². The number of aromatic nitrogens is 3. The van der Waals surface area contributed by atoms with Crippen LogP contribution in [0.5, 0.6) is 0 Å². The number of hydrogen-bond donors (Lipinski definition) is 2. The molecule has 0 aliphatic carbocycles. The second-order valence-corrected chi connectivity index (χ2v) is 5.75. The SMILES string of the molecule is Cc1cc(NC(CN)C(C)(C)C)n2ncnc2c1. The highest BCUT2D eigenvalue weighted by molar-refractivity contribution is 5.51. The van der Waals surface area contributed by atoms with Gasteiger partial charge in [-0.05, 0) is 30.0 Å². The normalized spacial score (nSPS) is 13.8. The molecule has 3 N–H and O–H groups in total. The molecule has 1 unspecified atom stereocenters. The minimum absolute atomic E-state index is 0.0887. The molecule has 18 heavy (non-hydrogen) atoms. The summed E-state index contributed by atoms with van der Waals surface area (Å²) in [4.78, 5) is 4.22. The highest BCUT2D eigenvalue weighted by Gasteiger charge is 2.23. The van der Waals surface area contributed by atoms with Crippen molar-refractivity contribution in [3.05, 3.63) is 24.0 Å². The molecule has 5 heteroatoms. The number of fused-ring (bicyclic) bond motifs is 1. The summed E-state index contributed by atoms with van der Waals surface area (Å²) in [5, 5.41) is 7.71. The van der Waals surface area contributed by atoms with Crippen molar-refractivity contribution >= 4 is 11.5 Å². The van der Waals surface area contributed by atoms with Crippen molar-refractivity contribution in [1.82, 2.24) is 14.6 Å².